The fraction of sp³-hybridized carbons (Fsp3) is 0.323. The number of rotatable bonds is 9. The molecule has 5 nitrogen and oxygen atoms in total. The van der Waals surface area contributed by atoms with Crippen LogP contribution in [0.3, 0.4) is 0 Å². The first-order valence-corrected chi connectivity index (χ1v) is 12.7. The fourth-order valence-corrected chi connectivity index (χ4v) is 4.74. The van der Waals surface area contributed by atoms with E-state index in [-0.39, 0.29) is 17.7 Å². The van der Waals surface area contributed by atoms with Gasteiger partial charge in [-0.25, -0.2) is 0 Å². The van der Waals surface area contributed by atoms with Gasteiger partial charge in [-0.15, -0.1) is 0 Å². The first kappa shape index (κ1) is 25.5. The van der Waals surface area contributed by atoms with Crippen LogP contribution in [0.25, 0.3) is 5.57 Å². The van der Waals surface area contributed by atoms with Gasteiger partial charge in [-0.05, 0) is 54.2 Å². The highest BCUT2D eigenvalue weighted by molar-refractivity contribution is 6.05. The Hall–Kier alpha value is -3.57. The molecule has 2 atom stereocenters. The lowest BCUT2D eigenvalue weighted by Crippen LogP contribution is -2.28. The molecule has 0 spiro atoms. The van der Waals surface area contributed by atoms with Crippen molar-refractivity contribution in [2.24, 2.45) is 17.6 Å². The lowest BCUT2D eigenvalue weighted by molar-refractivity contribution is -0.113. The average Bonchev–Trinajstić information content (AvgIpc) is 2.90. The van der Waals surface area contributed by atoms with E-state index in [2.05, 4.69) is 49.5 Å². The zero-order valence-electron chi connectivity index (χ0n) is 21.4. The van der Waals surface area contributed by atoms with Gasteiger partial charge in [0.15, 0.2) is 0 Å². The first-order chi connectivity index (χ1) is 17.5. The zero-order valence-corrected chi connectivity index (χ0v) is 21.4. The van der Waals surface area contributed by atoms with Gasteiger partial charge in [-0.1, -0.05) is 68.5 Å². The molecule has 0 bridgehead atoms. The Morgan fingerprint density at radius 1 is 1.06 bits per heavy atom. The summed E-state index contributed by atoms with van der Waals surface area (Å²) in [4.78, 5) is 13.3. The second kappa shape index (κ2) is 11.9. The minimum Gasteiger partial charge on any atom is -0.496 e. The third-order valence-corrected chi connectivity index (χ3v) is 6.86. The number of carbonyl (C=O) groups is 1. The van der Waals surface area contributed by atoms with Gasteiger partial charge >= 0.3 is 0 Å². The number of allylic oxidation sites excluding steroid dienone is 7. The molecule has 188 valence electrons. The van der Waals surface area contributed by atoms with Gasteiger partial charge in [0.2, 0.25) is 0 Å². The van der Waals surface area contributed by atoms with Crippen molar-refractivity contribution in [2.45, 2.75) is 40.2 Å². The van der Waals surface area contributed by atoms with Gasteiger partial charge in [0.1, 0.15) is 18.1 Å². The van der Waals surface area contributed by atoms with E-state index in [4.69, 9.17) is 15.2 Å². The smallest absolute Gasteiger partial charge is 0.251 e. The van der Waals surface area contributed by atoms with Gasteiger partial charge in [-0.2, -0.15) is 0 Å². The molecular weight excluding hydrogens is 448 g/mol. The predicted octanol–water partition coefficient (Wildman–Crippen LogP) is 6.36. The molecule has 1 amide bonds. The van der Waals surface area contributed by atoms with Crippen molar-refractivity contribution in [2.75, 3.05) is 18.5 Å². The van der Waals surface area contributed by atoms with E-state index in [0.717, 1.165) is 57.9 Å². The summed E-state index contributed by atoms with van der Waals surface area (Å²) in [5.41, 5.74) is 11.3. The average molecular weight is 485 g/mol. The number of nitrogens with one attached hydrogen (secondary N) is 1. The van der Waals surface area contributed by atoms with Crippen LogP contribution in [0.2, 0.25) is 0 Å². The van der Waals surface area contributed by atoms with Crippen LogP contribution in [0.4, 0.5) is 5.69 Å². The highest BCUT2D eigenvalue weighted by Gasteiger charge is 2.30. The number of nitrogens with two attached hydrogens (primary N) is 1. The monoisotopic (exact) mass is 484 g/mol. The van der Waals surface area contributed by atoms with Crippen molar-refractivity contribution in [3.05, 3.63) is 107 Å². The second-order valence-electron chi connectivity index (χ2n) is 9.45. The molecule has 3 N–H and O–H groups in total. The van der Waals surface area contributed by atoms with Crippen LogP contribution >= 0.6 is 0 Å². The van der Waals surface area contributed by atoms with Crippen molar-refractivity contribution < 1.29 is 14.3 Å². The van der Waals surface area contributed by atoms with Crippen LogP contribution in [-0.2, 0) is 20.9 Å². The molecule has 2 aliphatic carbocycles. The minimum absolute atomic E-state index is 0.0339. The Morgan fingerprint density at radius 3 is 2.64 bits per heavy atom. The largest absolute Gasteiger partial charge is 0.496 e. The summed E-state index contributed by atoms with van der Waals surface area (Å²) in [7, 11) is 0. The van der Waals surface area contributed by atoms with Gasteiger partial charge in [0.05, 0.1) is 6.61 Å². The molecule has 0 radical (unpaired) electrons. The van der Waals surface area contributed by atoms with Gasteiger partial charge in [0.25, 0.3) is 5.91 Å². The molecule has 0 aliphatic heterocycles. The standard InChI is InChI=1S/C31H36N2O3/c1-21-18-28(22(2)23(3)30(21)35-17-16-32)31(34)33-26-13-9-12-25(19-26)27-14-7-8-15-29(27)36-20-24-10-5-4-6-11-24/h4-7,9-14,18-19,22-23H,8,15-17,20,32H2,1-3H3,(H,33,34). The van der Waals surface area contributed by atoms with Gasteiger partial charge in [-0.3, -0.25) is 4.79 Å². The molecule has 0 aromatic heterocycles. The third-order valence-electron chi connectivity index (χ3n) is 6.86. The molecule has 0 saturated carbocycles. The second-order valence-corrected chi connectivity index (χ2v) is 9.45. The Labute approximate surface area is 214 Å². The number of amides is 1. The molecular formula is C31H36N2O3. The summed E-state index contributed by atoms with van der Waals surface area (Å²) in [5, 5.41) is 3.12. The summed E-state index contributed by atoms with van der Waals surface area (Å²) >= 11 is 0. The van der Waals surface area contributed by atoms with E-state index in [1.54, 1.807) is 0 Å². The van der Waals surface area contributed by atoms with E-state index in [0.29, 0.717) is 19.8 Å². The minimum atomic E-state index is -0.0857. The van der Waals surface area contributed by atoms with Crippen LogP contribution in [0.15, 0.2) is 95.5 Å². The maximum atomic E-state index is 13.3. The lowest BCUT2D eigenvalue weighted by atomic mass is 9.80. The normalized spacial score (nSPS) is 19.7. The summed E-state index contributed by atoms with van der Waals surface area (Å²) in [6.45, 7) is 7.64. The van der Waals surface area contributed by atoms with Crippen LogP contribution in [0, 0.1) is 11.8 Å². The number of ether oxygens (including phenoxy) is 2. The highest BCUT2D eigenvalue weighted by Crippen LogP contribution is 2.36. The van der Waals surface area contributed by atoms with Crippen LogP contribution < -0.4 is 11.1 Å². The van der Waals surface area contributed by atoms with Crippen LogP contribution in [-0.4, -0.2) is 19.1 Å². The Bertz CT molecular complexity index is 1210. The SMILES string of the molecule is CC1=C(OCCN)C(C)C(C)C(C(=O)Nc2cccc(C3=C(OCc4ccccc4)CCC=C3)c2)=C1. The molecule has 2 aromatic rings. The van der Waals surface area contributed by atoms with E-state index in [1.807, 2.05) is 49.4 Å². The van der Waals surface area contributed by atoms with Crippen molar-refractivity contribution in [3.63, 3.8) is 0 Å². The lowest BCUT2D eigenvalue weighted by Gasteiger charge is -2.30. The molecule has 2 aliphatic rings. The summed E-state index contributed by atoms with van der Waals surface area (Å²) in [5.74, 6) is 1.96. The van der Waals surface area contributed by atoms with Crippen molar-refractivity contribution in [3.8, 4) is 0 Å². The summed E-state index contributed by atoms with van der Waals surface area (Å²) < 4.78 is 12.1. The quantitative estimate of drug-likeness (QED) is 0.434. The van der Waals surface area contributed by atoms with Crippen molar-refractivity contribution >= 4 is 17.2 Å². The number of benzene rings is 2. The van der Waals surface area contributed by atoms with Crippen LogP contribution in [0.5, 0.6) is 0 Å². The van der Waals surface area contributed by atoms with E-state index in [1.165, 1.54) is 0 Å². The molecule has 5 heteroatoms. The highest BCUT2D eigenvalue weighted by atomic mass is 16.5. The number of hydrogen-bond acceptors (Lipinski definition) is 4. The Morgan fingerprint density at radius 2 is 1.86 bits per heavy atom. The maximum absolute atomic E-state index is 13.3. The van der Waals surface area contributed by atoms with Crippen LogP contribution in [0.1, 0.15) is 44.7 Å². The van der Waals surface area contributed by atoms with Gasteiger partial charge in [0, 0.05) is 35.7 Å². The van der Waals surface area contributed by atoms with Gasteiger partial charge < -0.3 is 20.5 Å². The molecule has 2 unspecified atom stereocenters. The molecule has 0 heterocycles. The molecule has 0 saturated heterocycles. The number of anilines is 1. The predicted molar refractivity (Wildman–Crippen MR) is 146 cm³/mol. The molecule has 4 rings (SSSR count). The van der Waals surface area contributed by atoms with Crippen molar-refractivity contribution in [1.82, 2.24) is 0 Å². The van der Waals surface area contributed by atoms with E-state index < -0.39 is 0 Å². The fourth-order valence-electron chi connectivity index (χ4n) is 4.74. The molecule has 36 heavy (non-hydrogen) atoms. The summed E-state index contributed by atoms with van der Waals surface area (Å²) in [6, 6.07) is 18.2. The molecule has 2 aromatic carbocycles. The first-order valence-electron chi connectivity index (χ1n) is 12.7. The Kier molecular flexibility index (Phi) is 8.44. The van der Waals surface area contributed by atoms with E-state index >= 15 is 0 Å². The number of carbonyl (C=O) groups excluding carboxylic acids is 1. The Balaban J connectivity index is 1.52. The topological polar surface area (TPSA) is 73.6 Å². The third kappa shape index (κ3) is 5.97. The molecule has 0 fully saturated rings. The number of hydrogen-bond donors (Lipinski definition) is 2. The maximum Gasteiger partial charge on any atom is 0.251 e. The zero-order chi connectivity index (χ0) is 25.5. The summed E-state index contributed by atoms with van der Waals surface area (Å²) in [6.07, 6.45) is 8.05. The van der Waals surface area contributed by atoms with E-state index in [9.17, 15) is 4.79 Å². The van der Waals surface area contributed by atoms with Crippen molar-refractivity contribution in [1.29, 1.82) is 0 Å².